The first kappa shape index (κ1) is 30.0. The number of nitrogens with zero attached hydrogens (tertiary/aromatic N) is 2. The third-order valence-corrected chi connectivity index (χ3v) is 8.97. The summed E-state index contributed by atoms with van der Waals surface area (Å²) in [5, 5.41) is 35.9. The first-order valence-corrected chi connectivity index (χ1v) is 16.0. The molecule has 0 aliphatic carbocycles. The van der Waals surface area contributed by atoms with Crippen LogP contribution in [0.2, 0.25) is 0 Å². The maximum Gasteiger partial charge on any atom is 0.295 e. The molecule has 0 heterocycles. The molecule has 17 nitrogen and oxygen atoms in total. The highest BCUT2D eigenvalue weighted by Gasteiger charge is 2.29. The number of phenolic OH excluding ortho intramolecular Hbond substituents is 3. The van der Waals surface area contributed by atoms with Crippen LogP contribution in [0.5, 0.6) is 17.2 Å². The zero-order valence-corrected chi connectivity index (χ0v) is 22.7. The van der Waals surface area contributed by atoms with Crippen LogP contribution in [0.1, 0.15) is 0 Å². The number of aromatic hydroxyl groups is 3. The highest BCUT2D eigenvalue weighted by atomic mass is 32.2. The van der Waals surface area contributed by atoms with Crippen molar-refractivity contribution in [2.75, 3.05) is 0 Å². The second-order valence-corrected chi connectivity index (χ2v) is 13.8. The Labute approximate surface area is 229 Å². The molecule has 7 N–H and O–H groups in total. The second kappa shape index (κ2) is 9.56. The fourth-order valence-corrected chi connectivity index (χ4v) is 6.36. The molecule has 218 valence electrons. The van der Waals surface area contributed by atoms with Crippen LogP contribution in [-0.2, 0) is 40.5 Å². The summed E-state index contributed by atoms with van der Waals surface area (Å²) in [7, 11) is -21.0. The summed E-state index contributed by atoms with van der Waals surface area (Å²) < 4.78 is 133. The molecule has 0 spiro atoms. The molecule has 0 amide bonds. The summed E-state index contributed by atoms with van der Waals surface area (Å²) in [5.41, 5.74) is -1.57. The van der Waals surface area contributed by atoms with Gasteiger partial charge in [0.15, 0.2) is 5.75 Å². The van der Waals surface area contributed by atoms with Gasteiger partial charge in [0, 0.05) is 27.6 Å². The lowest BCUT2D eigenvalue weighted by Crippen LogP contribution is -2.07. The smallest absolute Gasteiger partial charge is 0.295 e. The van der Waals surface area contributed by atoms with E-state index in [2.05, 4.69) is 10.2 Å². The Bertz CT molecular complexity index is 2280. The van der Waals surface area contributed by atoms with Gasteiger partial charge < -0.3 is 15.3 Å². The van der Waals surface area contributed by atoms with Crippen molar-refractivity contribution in [2.24, 2.45) is 10.2 Å². The van der Waals surface area contributed by atoms with E-state index in [1.807, 2.05) is 0 Å². The highest BCUT2D eigenvalue weighted by Crippen LogP contribution is 2.45. The van der Waals surface area contributed by atoms with E-state index in [-0.39, 0.29) is 16.8 Å². The van der Waals surface area contributed by atoms with Crippen molar-refractivity contribution in [3.05, 3.63) is 42.5 Å². The maximum atomic E-state index is 12.1. The van der Waals surface area contributed by atoms with Crippen molar-refractivity contribution in [1.82, 2.24) is 0 Å². The predicted octanol–water partition coefficient (Wildman–Crippen LogP) is 2.51. The van der Waals surface area contributed by atoms with Crippen molar-refractivity contribution in [3.8, 4) is 17.2 Å². The third-order valence-electron chi connectivity index (χ3n) is 5.53. The van der Waals surface area contributed by atoms with Crippen molar-refractivity contribution in [2.45, 2.75) is 19.6 Å². The van der Waals surface area contributed by atoms with Crippen LogP contribution in [-0.4, -0.2) is 67.2 Å². The summed E-state index contributed by atoms with van der Waals surface area (Å²) in [6.07, 6.45) is 0. The molecule has 4 aromatic rings. The van der Waals surface area contributed by atoms with E-state index in [1.165, 1.54) is 0 Å². The van der Waals surface area contributed by atoms with Gasteiger partial charge in [-0.25, -0.2) is 0 Å². The molecule has 0 bridgehead atoms. The van der Waals surface area contributed by atoms with E-state index in [4.69, 9.17) is 0 Å². The van der Waals surface area contributed by atoms with Gasteiger partial charge in [-0.15, -0.1) is 10.2 Å². The predicted molar refractivity (Wildman–Crippen MR) is 136 cm³/mol. The number of phenols is 3. The molecule has 0 fully saturated rings. The van der Waals surface area contributed by atoms with Crippen LogP contribution in [0, 0.1) is 0 Å². The normalized spacial score (nSPS) is 13.4. The van der Waals surface area contributed by atoms with E-state index in [0.717, 1.165) is 18.2 Å². The Morgan fingerprint density at radius 2 is 1.05 bits per heavy atom. The lowest BCUT2D eigenvalue weighted by Gasteiger charge is -2.13. The minimum Gasteiger partial charge on any atom is -0.507 e. The topological polar surface area (TPSA) is 303 Å². The molecular weight excluding hydrogens is 636 g/mol. The summed E-state index contributed by atoms with van der Waals surface area (Å²) >= 11 is 0. The van der Waals surface area contributed by atoms with Gasteiger partial charge in [0.2, 0.25) is 0 Å². The number of rotatable bonds is 6. The molecule has 41 heavy (non-hydrogen) atoms. The van der Waals surface area contributed by atoms with Crippen LogP contribution in [0.3, 0.4) is 0 Å². The van der Waals surface area contributed by atoms with Crippen molar-refractivity contribution >= 4 is 73.4 Å². The van der Waals surface area contributed by atoms with E-state index in [9.17, 15) is 67.2 Å². The standard InChI is InChI=1S/C20H14N2O15S4/c23-14-2-1-10-11(3-8(5-15(10)24)38(26,27)28)19(14)22-21-13-7-16(40(32,33)34)12-4-9(39(29,30)31)6-17(41(35,36)37)18(12)20(13)25/h1-7,23-25H,(H,26,27,28)(H,29,30,31)(H,32,33,34)(H,35,36,37). The average molecular weight is 651 g/mol. The van der Waals surface area contributed by atoms with Gasteiger partial charge in [-0.2, -0.15) is 33.7 Å². The summed E-state index contributed by atoms with van der Waals surface area (Å²) in [4.78, 5) is -4.79. The number of azo groups is 1. The van der Waals surface area contributed by atoms with Crippen LogP contribution in [0.15, 0.2) is 72.3 Å². The molecule has 0 radical (unpaired) electrons. The highest BCUT2D eigenvalue weighted by molar-refractivity contribution is 7.87. The van der Waals surface area contributed by atoms with Crippen molar-refractivity contribution < 1.29 is 67.2 Å². The first-order chi connectivity index (χ1) is 18.6. The van der Waals surface area contributed by atoms with Gasteiger partial charge in [0.1, 0.15) is 32.7 Å². The monoisotopic (exact) mass is 650 g/mol. The van der Waals surface area contributed by atoms with Crippen molar-refractivity contribution in [1.29, 1.82) is 0 Å². The van der Waals surface area contributed by atoms with Gasteiger partial charge in [-0.3, -0.25) is 18.2 Å². The molecule has 4 rings (SSSR count). The van der Waals surface area contributed by atoms with E-state index < -0.39 is 99.5 Å². The van der Waals surface area contributed by atoms with E-state index in [1.54, 1.807) is 0 Å². The molecule has 0 aliphatic heterocycles. The summed E-state index contributed by atoms with van der Waals surface area (Å²) in [6, 6.07) is 4.50. The molecule has 0 aromatic heterocycles. The Morgan fingerprint density at radius 1 is 0.512 bits per heavy atom. The molecule has 0 saturated heterocycles. The Morgan fingerprint density at radius 3 is 1.59 bits per heavy atom. The Kier molecular flexibility index (Phi) is 7.00. The fraction of sp³-hybridized carbons (Fsp3) is 0. The molecular formula is C20H14N2O15S4. The zero-order chi connectivity index (χ0) is 30.9. The third kappa shape index (κ3) is 5.64. The van der Waals surface area contributed by atoms with Crippen LogP contribution < -0.4 is 0 Å². The quantitative estimate of drug-likeness (QED) is 0.116. The number of hydrogen-bond donors (Lipinski definition) is 7. The minimum atomic E-state index is -5.47. The number of hydrogen-bond acceptors (Lipinski definition) is 13. The second-order valence-electron chi connectivity index (χ2n) is 8.16. The molecule has 0 saturated carbocycles. The van der Waals surface area contributed by atoms with Crippen LogP contribution in [0.4, 0.5) is 11.4 Å². The SMILES string of the molecule is O=S(=O)(O)c1cc(O)c2ccc(O)c(N=Nc3cc(S(=O)(=O)O)c4cc(S(=O)(=O)O)cc(S(=O)(=O)O)c4c3O)c2c1. The van der Waals surface area contributed by atoms with Gasteiger partial charge in [0.25, 0.3) is 40.5 Å². The summed E-state index contributed by atoms with van der Waals surface area (Å²) in [6.45, 7) is 0. The van der Waals surface area contributed by atoms with Gasteiger partial charge in [-0.1, -0.05) is 0 Å². The molecule has 0 aliphatic rings. The zero-order valence-electron chi connectivity index (χ0n) is 19.5. The summed E-state index contributed by atoms with van der Waals surface area (Å²) in [5.74, 6) is -2.67. The molecule has 0 atom stereocenters. The molecule has 0 unspecified atom stereocenters. The first-order valence-electron chi connectivity index (χ1n) is 10.2. The largest absolute Gasteiger partial charge is 0.507 e. The Balaban J connectivity index is 2.13. The number of benzene rings is 4. The van der Waals surface area contributed by atoms with Crippen molar-refractivity contribution in [3.63, 3.8) is 0 Å². The molecule has 4 aromatic carbocycles. The fourth-order valence-electron chi connectivity index (χ4n) is 3.79. The van der Waals surface area contributed by atoms with E-state index >= 15 is 0 Å². The number of fused-ring (bicyclic) bond motifs is 2. The minimum absolute atomic E-state index is 0.128. The van der Waals surface area contributed by atoms with E-state index in [0.29, 0.717) is 18.2 Å². The van der Waals surface area contributed by atoms with Crippen LogP contribution in [0.25, 0.3) is 21.5 Å². The van der Waals surface area contributed by atoms with Crippen LogP contribution >= 0.6 is 0 Å². The van der Waals surface area contributed by atoms with Gasteiger partial charge >= 0.3 is 0 Å². The van der Waals surface area contributed by atoms with Gasteiger partial charge in [0.05, 0.1) is 9.79 Å². The maximum absolute atomic E-state index is 12.1. The lowest BCUT2D eigenvalue weighted by molar-refractivity contribution is 0.469. The lowest BCUT2D eigenvalue weighted by atomic mass is 10.1. The molecule has 21 heteroatoms. The van der Waals surface area contributed by atoms with Gasteiger partial charge in [-0.05, 0) is 36.4 Å². The average Bonchev–Trinajstić information content (AvgIpc) is 2.81. The Hall–Kier alpha value is -3.96.